The molecule has 3 aromatic carbocycles. The van der Waals surface area contributed by atoms with Crippen LogP contribution in [0.5, 0.6) is 11.5 Å². The van der Waals surface area contributed by atoms with Crippen molar-refractivity contribution in [3.63, 3.8) is 0 Å². The zero-order valence-electron chi connectivity index (χ0n) is 20.6. The van der Waals surface area contributed by atoms with Crippen molar-refractivity contribution in [2.45, 2.75) is 52.1 Å². The molecule has 1 saturated carbocycles. The van der Waals surface area contributed by atoms with E-state index in [0.29, 0.717) is 29.8 Å². The number of carboxylic acid groups (broad SMARTS) is 1. The van der Waals surface area contributed by atoms with Gasteiger partial charge in [0, 0.05) is 5.56 Å². The van der Waals surface area contributed by atoms with Gasteiger partial charge in [-0.15, -0.1) is 0 Å². The summed E-state index contributed by atoms with van der Waals surface area (Å²) in [6, 6.07) is 18.6. The van der Waals surface area contributed by atoms with Gasteiger partial charge in [0.2, 0.25) is 0 Å². The molecule has 0 radical (unpaired) electrons. The Morgan fingerprint density at radius 1 is 1.03 bits per heavy atom. The van der Waals surface area contributed by atoms with Crippen molar-refractivity contribution in [2.24, 2.45) is 11.8 Å². The minimum atomic E-state index is -0.765. The average Bonchev–Trinajstić information content (AvgIpc) is 3.67. The molecule has 35 heavy (non-hydrogen) atoms. The lowest BCUT2D eigenvalue weighted by Crippen LogP contribution is -2.08. The number of rotatable bonds is 11. The van der Waals surface area contributed by atoms with Crippen molar-refractivity contribution in [3.05, 3.63) is 83.2 Å². The van der Waals surface area contributed by atoms with Crippen LogP contribution in [-0.2, 0) is 17.8 Å². The molecule has 3 aromatic rings. The van der Waals surface area contributed by atoms with Gasteiger partial charge >= 0.3 is 5.97 Å². The maximum atomic E-state index is 14.7. The summed E-state index contributed by atoms with van der Waals surface area (Å²) in [6.45, 7) is 4.67. The molecule has 0 aliphatic heterocycles. The van der Waals surface area contributed by atoms with Crippen molar-refractivity contribution < 1.29 is 23.8 Å². The summed E-state index contributed by atoms with van der Waals surface area (Å²) < 4.78 is 26.1. The number of carbonyl (C=O) groups is 1. The standard InChI is InChI=1S/C30H33FO4/c1-19(2)13-23-14-20(7-11-26(23)28-16-24(34-3)10-12-29(28)31)18-35-25-6-4-5-22(15-25)27(17-30(32)33)21-8-9-21/h4-7,10-12,14-16,19,21,27H,8-9,13,17-18H2,1-3H3,(H,32,33)/t27-/m1/s1. The highest BCUT2D eigenvalue weighted by molar-refractivity contribution is 5.70. The van der Waals surface area contributed by atoms with Crippen LogP contribution in [0, 0.1) is 17.7 Å². The van der Waals surface area contributed by atoms with E-state index in [9.17, 15) is 14.3 Å². The van der Waals surface area contributed by atoms with Gasteiger partial charge in [-0.3, -0.25) is 4.79 Å². The quantitative estimate of drug-likeness (QED) is 0.317. The molecule has 1 aliphatic carbocycles. The summed E-state index contributed by atoms with van der Waals surface area (Å²) in [4.78, 5) is 11.3. The Bertz CT molecular complexity index is 1180. The van der Waals surface area contributed by atoms with Crippen LogP contribution in [0.4, 0.5) is 4.39 Å². The molecule has 0 heterocycles. The van der Waals surface area contributed by atoms with E-state index in [1.807, 2.05) is 36.4 Å². The number of ether oxygens (including phenoxy) is 2. The third-order valence-corrected chi connectivity index (χ3v) is 6.54. The minimum Gasteiger partial charge on any atom is -0.497 e. The first-order valence-corrected chi connectivity index (χ1v) is 12.2. The molecule has 5 heteroatoms. The minimum absolute atomic E-state index is 0.0331. The SMILES string of the molecule is COc1ccc(F)c(-c2ccc(COc3cccc([C@H](CC(=O)O)C4CC4)c3)cc2CC(C)C)c1. The van der Waals surface area contributed by atoms with Crippen LogP contribution in [-0.4, -0.2) is 18.2 Å². The molecule has 0 unspecified atom stereocenters. The van der Waals surface area contributed by atoms with Gasteiger partial charge in [-0.05, 0) is 89.6 Å². The third kappa shape index (κ3) is 6.41. The highest BCUT2D eigenvalue weighted by atomic mass is 19.1. The molecule has 4 nitrogen and oxygen atoms in total. The number of aliphatic carboxylic acids is 1. The highest BCUT2D eigenvalue weighted by Crippen LogP contribution is 2.45. The lowest BCUT2D eigenvalue weighted by molar-refractivity contribution is -0.137. The summed E-state index contributed by atoms with van der Waals surface area (Å²) >= 11 is 0. The predicted octanol–water partition coefficient (Wildman–Crippen LogP) is 7.25. The normalized spacial score (nSPS) is 14.1. The zero-order valence-corrected chi connectivity index (χ0v) is 20.6. The molecule has 1 atom stereocenters. The van der Waals surface area contributed by atoms with Gasteiger partial charge in [-0.2, -0.15) is 0 Å². The Balaban J connectivity index is 1.55. The van der Waals surface area contributed by atoms with E-state index in [-0.39, 0.29) is 18.2 Å². The van der Waals surface area contributed by atoms with E-state index in [2.05, 4.69) is 19.9 Å². The fourth-order valence-corrected chi connectivity index (χ4v) is 4.69. The zero-order chi connectivity index (χ0) is 24.9. The smallest absolute Gasteiger partial charge is 0.303 e. The second kappa shape index (κ2) is 10.9. The summed E-state index contributed by atoms with van der Waals surface area (Å²) in [7, 11) is 1.58. The van der Waals surface area contributed by atoms with Crippen LogP contribution in [0.1, 0.15) is 55.7 Å². The van der Waals surface area contributed by atoms with E-state index in [0.717, 1.165) is 47.3 Å². The molecule has 0 aromatic heterocycles. The van der Waals surface area contributed by atoms with Crippen molar-refractivity contribution in [3.8, 4) is 22.6 Å². The van der Waals surface area contributed by atoms with E-state index in [1.54, 1.807) is 19.2 Å². The van der Waals surface area contributed by atoms with Crippen molar-refractivity contribution in [2.75, 3.05) is 7.11 Å². The Hall–Kier alpha value is -3.34. The van der Waals surface area contributed by atoms with Crippen molar-refractivity contribution >= 4 is 5.97 Å². The molecule has 0 amide bonds. The van der Waals surface area contributed by atoms with Crippen molar-refractivity contribution in [1.29, 1.82) is 0 Å². The highest BCUT2D eigenvalue weighted by Gasteiger charge is 2.33. The Morgan fingerprint density at radius 3 is 2.51 bits per heavy atom. The molecule has 0 bridgehead atoms. The van der Waals surface area contributed by atoms with E-state index in [1.165, 1.54) is 6.07 Å². The van der Waals surface area contributed by atoms with Crippen LogP contribution < -0.4 is 9.47 Å². The largest absolute Gasteiger partial charge is 0.497 e. The van der Waals surface area contributed by atoms with E-state index >= 15 is 0 Å². The number of hydrogen-bond acceptors (Lipinski definition) is 3. The van der Waals surface area contributed by atoms with Crippen LogP contribution >= 0.6 is 0 Å². The van der Waals surface area contributed by atoms with E-state index < -0.39 is 5.97 Å². The monoisotopic (exact) mass is 476 g/mol. The molecule has 184 valence electrons. The Morgan fingerprint density at radius 2 is 1.83 bits per heavy atom. The van der Waals surface area contributed by atoms with Crippen LogP contribution in [0.15, 0.2) is 60.7 Å². The van der Waals surface area contributed by atoms with Crippen LogP contribution in [0.2, 0.25) is 0 Å². The van der Waals surface area contributed by atoms with Gasteiger partial charge in [0.05, 0.1) is 13.5 Å². The number of halogens is 1. The average molecular weight is 477 g/mol. The molecule has 4 rings (SSSR count). The lowest BCUT2D eigenvalue weighted by Gasteiger charge is -2.17. The first-order chi connectivity index (χ1) is 16.8. The second-order valence-corrected chi connectivity index (χ2v) is 9.84. The fourth-order valence-electron chi connectivity index (χ4n) is 4.69. The molecule has 0 spiro atoms. The summed E-state index contributed by atoms with van der Waals surface area (Å²) in [6.07, 6.45) is 3.13. The summed E-state index contributed by atoms with van der Waals surface area (Å²) in [5, 5.41) is 9.32. The lowest BCUT2D eigenvalue weighted by atomic mass is 9.91. The number of hydrogen-bond donors (Lipinski definition) is 1. The summed E-state index contributed by atoms with van der Waals surface area (Å²) in [5.74, 6) is 1.20. The molecular weight excluding hydrogens is 443 g/mol. The topological polar surface area (TPSA) is 55.8 Å². The van der Waals surface area contributed by atoms with Gasteiger partial charge in [-0.1, -0.05) is 44.2 Å². The second-order valence-electron chi connectivity index (χ2n) is 9.84. The fraction of sp³-hybridized carbons (Fsp3) is 0.367. The van der Waals surface area contributed by atoms with Gasteiger partial charge in [0.25, 0.3) is 0 Å². The maximum Gasteiger partial charge on any atom is 0.303 e. The van der Waals surface area contributed by atoms with Crippen molar-refractivity contribution in [1.82, 2.24) is 0 Å². The molecular formula is C30H33FO4. The van der Waals surface area contributed by atoms with Crippen LogP contribution in [0.3, 0.4) is 0 Å². The first-order valence-electron chi connectivity index (χ1n) is 12.2. The van der Waals surface area contributed by atoms with Gasteiger partial charge in [0.15, 0.2) is 0 Å². The van der Waals surface area contributed by atoms with Gasteiger partial charge in [-0.25, -0.2) is 4.39 Å². The maximum absolute atomic E-state index is 14.7. The molecule has 1 aliphatic rings. The molecule has 1 N–H and O–H groups in total. The number of benzene rings is 3. The number of carboxylic acids is 1. The molecule has 0 saturated heterocycles. The number of methoxy groups -OCH3 is 1. The summed E-state index contributed by atoms with van der Waals surface area (Å²) in [5.41, 5.74) is 4.49. The Labute approximate surface area is 206 Å². The first kappa shape index (κ1) is 24.8. The van der Waals surface area contributed by atoms with Gasteiger partial charge in [0.1, 0.15) is 23.9 Å². The van der Waals surface area contributed by atoms with Gasteiger partial charge < -0.3 is 14.6 Å². The van der Waals surface area contributed by atoms with Crippen LogP contribution in [0.25, 0.3) is 11.1 Å². The van der Waals surface area contributed by atoms with E-state index in [4.69, 9.17) is 9.47 Å². The predicted molar refractivity (Wildman–Crippen MR) is 135 cm³/mol. The third-order valence-electron chi connectivity index (χ3n) is 6.54. The molecule has 1 fully saturated rings. The Kier molecular flexibility index (Phi) is 7.74.